The van der Waals surface area contributed by atoms with Gasteiger partial charge in [0.25, 0.3) is 0 Å². The molecule has 0 saturated carbocycles. The van der Waals surface area contributed by atoms with E-state index < -0.39 is 0 Å². The molecule has 0 saturated heterocycles. The van der Waals surface area contributed by atoms with Crippen LogP contribution in [0.3, 0.4) is 0 Å². The molecule has 0 spiro atoms. The fourth-order valence-electron chi connectivity index (χ4n) is 4.58. The van der Waals surface area contributed by atoms with Crippen LogP contribution in [0, 0.1) is 0 Å². The molecule has 178 valence electrons. The SMILES string of the molecule is CCCCCCCCCCCCCCCCCN(C)Cc1ccc(-c2ccccc2)cc1. The quantitative estimate of drug-likeness (QED) is 0.198. The predicted octanol–water partition coefficient (Wildman–Crippen LogP) is 9.66. The van der Waals surface area contributed by atoms with Crippen LogP contribution in [0.2, 0.25) is 0 Å². The van der Waals surface area contributed by atoms with Crippen LogP contribution in [0.1, 0.15) is 109 Å². The normalized spacial score (nSPS) is 11.3. The number of hydrogen-bond acceptors (Lipinski definition) is 1. The molecular weight excluding hydrogens is 386 g/mol. The van der Waals surface area contributed by atoms with Gasteiger partial charge in [0.1, 0.15) is 0 Å². The van der Waals surface area contributed by atoms with E-state index in [9.17, 15) is 0 Å². The molecule has 0 N–H and O–H groups in total. The third-order valence-corrected chi connectivity index (χ3v) is 6.66. The van der Waals surface area contributed by atoms with Gasteiger partial charge in [0.2, 0.25) is 0 Å². The van der Waals surface area contributed by atoms with Crippen LogP contribution in [-0.4, -0.2) is 18.5 Å². The summed E-state index contributed by atoms with van der Waals surface area (Å²) in [5, 5.41) is 0. The molecule has 0 amide bonds. The molecule has 0 bridgehead atoms. The van der Waals surface area contributed by atoms with Gasteiger partial charge in [-0.1, -0.05) is 151 Å². The Kier molecular flexibility index (Phi) is 14.9. The molecule has 0 unspecified atom stereocenters. The molecule has 0 aromatic heterocycles. The first-order valence-electron chi connectivity index (χ1n) is 13.6. The fourth-order valence-corrected chi connectivity index (χ4v) is 4.58. The smallest absolute Gasteiger partial charge is 0.0230 e. The second kappa shape index (κ2) is 17.9. The fraction of sp³-hybridized carbons (Fsp3) is 0.613. The van der Waals surface area contributed by atoms with E-state index in [1.807, 2.05) is 0 Å². The summed E-state index contributed by atoms with van der Waals surface area (Å²) in [6.07, 6.45) is 21.5. The van der Waals surface area contributed by atoms with E-state index in [2.05, 4.69) is 73.5 Å². The molecule has 2 aromatic carbocycles. The Hall–Kier alpha value is -1.60. The predicted molar refractivity (Wildman–Crippen MR) is 143 cm³/mol. The summed E-state index contributed by atoms with van der Waals surface area (Å²) in [4.78, 5) is 2.47. The average molecular weight is 436 g/mol. The van der Waals surface area contributed by atoms with Gasteiger partial charge in [-0.3, -0.25) is 0 Å². The lowest BCUT2D eigenvalue weighted by Gasteiger charge is -2.17. The average Bonchev–Trinajstić information content (AvgIpc) is 2.82. The van der Waals surface area contributed by atoms with Crippen LogP contribution in [0.5, 0.6) is 0 Å². The highest BCUT2D eigenvalue weighted by molar-refractivity contribution is 5.63. The third kappa shape index (κ3) is 12.4. The van der Waals surface area contributed by atoms with Gasteiger partial charge in [-0.05, 0) is 36.7 Å². The highest BCUT2D eigenvalue weighted by atomic mass is 15.1. The van der Waals surface area contributed by atoms with Crippen LogP contribution in [-0.2, 0) is 6.54 Å². The third-order valence-electron chi connectivity index (χ3n) is 6.66. The van der Waals surface area contributed by atoms with Crippen molar-refractivity contribution < 1.29 is 0 Å². The van der Waals surface area contributed by atoms with E-state index in [0.717, 1.165) is 6.54 Å². The van der Waals surface area contributed by atoms with Crippen molar-refractivity contribution in [1.82, 2.24) is 4.90 Å². The van der Waals surface area contributed by atoms with Crippen LogP contribution < -0.4 is 0 Å². The first-order chi connectivity index (χ1) is 15.8. The minimum Gasteiger partial charge on any atom is -0.302 e. The largest absolute Gasteiger partial charge is 0.302 e. The number of hydrogen-bond donors (Lipinski definition) is 0. The molecule has 0 atom stereocenters. The summed E-state index contributed by atoms with van der Waals surface area (Å²) in [5.74, 6) is 0. The monoisotopic (exact) mass is 435 g/mol. The van der Waals surface area contributed by atoms with E-state index in [1.165, 1.54) is 120 Å². The van der Waals surface area contributed by atoms with Crippen LogP contribution in [0.4, 0.5) is 0 Å². The maximum absolute atomic E-state index is 2.47. The van der Waals surface area contributed by atoms with E-state index in [4.69, 9.17) is 0 Å². The first-order valence-corrected chi connectivity index (χ1v) is 13.6. The molecule has 0 heterocycles. The lowest BCUT2D eigenvalue weighted by atomic mass is 10.0. The molecule has 0 aliphatic rings. The minimum atomic E-state index is 1.05. The first kappa shape index (κ1) is 26.7. The molecule has 0 aliphatic heterocycles. The second-order valence-corrected chi connectivity index (χ2v) is 9.75. The van der Waals surface area contributed by atoms with E-state index in [0.29, 0.717) is 0 Å². The molecule has 2 aromatic rings. The van der Waals surface area contributed by atoms with Gasteiger partial charge in [0, 0.05) is 6.54 Å². The highest BCUT2D eigenvalue weighted by Crippen LogP contribution is 2.20. The van der Waals surface area contributed by atoms with Crippen molar-refractivity contribution in [2.24, 2.45) is 0 Å². The van der Waals surface area contributed by atoms with E-state index >= 15 is 0 Å². The molecular formula is C31H49N. The second-order valence-electron chi connectivity index (χ2n) is 9.75. The standard InChI is InChI=1S/C31H49N/c1-3-4-5-6-7-8-9-10-11-12-13-14-15-16-20-27-32(2)28-29-23-25-31(26-24-29)30-21-18-17-19-22-30/h17-19,21-26H,3-16,20,27-28H2,1-2H3. The van der Waals surface area contributed by atoms with Gasteiger partial charge >= 0.3 is 0 Å². The number of nitrogens with zero attached hydrogens (tertiary/aromatic N) is 1. The summed E-state index contributed by atoms with van der Waals surface area (Å²) >= 11 is 0. The van der Waals surface area contributed by atoms with Crippen molar-refractivity contribution in [3.8, 4) is 11.1 Å². The molecule has 1 nitrogen and oxygen atoms in total. The number of rotatable bonds is 19. The van der Waals surface area contributed by atoms with Gasteiger partial charge in [0.15, 0.2) is 0 Å². The molecule has 1 heteroatoms. The Morgan fingerprint density at radius 2 is 0.938 bits per heavy atom. The van der Waals surface area contributed by atoms with Crippen LogP contribution >= 0.6 is 0 Å². The minimum absolute atomic E-state index is 1.05. The maximum atomic E-state index is 2.47. The van der Waals surface area contributed by atoms with Crippen LogP contribution in [0.25, 0.3) is 11.1 Å². The molecule has 32 heavy (non-hydrogen) atoms. The van der Waals surface area contributed by atoms with Gasteiger partial charge in [-0.15, -0.1) is 0 Å². The Labute approximate surface area is 199 Å². The van der Waals surface area contributed by atoms with Crippen molar-refractivity contribution in [2.75, 3.05) is 13.6 Å². The Morgan fingerprint density at radius 1 is 0.500 bits per heavy atom. The van der Waals surface area contributed by atoms with Gasteiger partial charge < -0.3 is 4.90 Å². The van der Waals surface area contributed by atoms with Crippen molar-refractivity contribution in [3.05, 3.63) is 60.2 Å². The van der Waals surface area contributed by atoms with Crippen molar-refractivity contribution >= 4 is 0 Å². The molecule has 0 fully saturated rings. The maximum Gasteiger partial charge on any atom is 0.0230 e. The lowest BCUT2D eigenvalue weighted by molar-refractivity contribution is 0.316. The van der Waals surface area contributed by atoms with Crippen molar-refractivity contribution in [1.29, 1.82) is 0 Å². The van der Waals surface area contributed by atoms with Gasteiger partial charge in [0.05, 0.1) is 0 Å². The van der Waals surface area contributed by atoms with Gasteiger partial charge in [-0.25, -0.2) is 0 Å². The summed E-state index contributed by atoms with van der Waals surface area (Å²) in [7, 11) is 2.26. The number of benzene rings is 2. The molecule has 0 aliphatic carbocycles. The summed E-state index contributed by atoms with van der Waals surface area (Å²) in [6, 6.07) is 19.7. The Bertz CT molecular complexity index is 661. The number of unbranched alkanes of at least 4 members (excludes halogenated alkanes) is 14. The highest BCUT2D eigenvalue weighted by Gasteiger charge is 2.02. The van der Waals surface area contributed by atoms with E-state index in [-0.39, 0.29) is 0 Å². The van der Waals surface area contributed by atoms with Crippen molar-refractivity contribution in [3.63, 3.8) is 0 Å². The van der Waals surface area contributed by atoms with Crippen molar-refractivity contribution in [2.45, 2.75) is 110 Å². The topological polar surface area (TPSA) is 3.24 Å². The van der Waals surface area contributed by atoms with Crippen LogP contribution in [0.15, 0.2) is 54.6 Å². The molecule has 0 radical (unpaired) electrons. The van der Waals surface area contributed by atoms with E-state index in [1.54, 1.807) is 0 Å². The molecule has 2 rings (SSSR count). The zero-order valence-electron chi connectivity index (χ0n) is 21.2. The summed E-state index contributed by atoms with van der Waals surface area (Å²) < 4.78 is 0. The Balaban J connectivity index is 1.40. The zero-order chi connectivity index (χ0) is 22.7. The zero-order valence-corrected chi connectivity index (χ0v) is 21.2. The summed E-state index contributed by atoms with van der Waals surface area (Å²) in [6.45, 7) is 4.55. The Morgan fingerprint density at radius 3 is 1.44 bits per heavy atom. The lowest BCUT2D eigenvalue weighted by Crippen LogP contribution is -2.19. The summed E-state index contributed by atoms with van der Waals surface area (Å²) in [5.41, 5.74) is 4.01. The van der Waals surface area contributed by atoms with Gasteiger partial charge in [-0.2, -0.15) is 0 Å².